The van der Waals surface area contributed by atoms with Crippen molar-refractivity contribution in [3.8, 4) is 22.9 Å². The highest BCUT2D eigenvalue weighted by Crippen LogP contribution is 2.34. The maximum absolute atomic E-state index is 12.8. The van der Waals surface area contributed by atoms with E-state index < -0.39 is 11.2 Å². The Kier molecular flexibility index (Phi) is 4.20. The molecule has 9 nitrogen and oxygen atoms in total. The number of nitrogens with zero attached hydrogens (tertiary/aromatic N) is 3. The first-order chi connectivity index (χ1) is 14.1. The van der Waals surface area contributed by atoms with Crippen LogP contribution in [0, 0.1) is 0 Å². The van der Waals surface area contributed by atoms with Gasteiger partial charge in [-0.1, -0.05) is 33.2 Å². The lowest BCUT2D eigenvalue weighted by Gasteiger charge is -2.06. The Morgan fingerprint density at radius 1 is 1.14 bits per heavy atom. The van der Waals surface area contributed by atoms with Crippen LogP contribution in [0.4, 0.5) is 0 Å². The number of ether oxygens (including phenoxy) is 2. The van der Waals surface area contributed by atoms with Crippen LogP contribution >= 0.6 is 15.9 Å². The minimum Gasteiger partial charge on any atom is -0.454 e. The van der Waals surface area contributed by atoms with Gasteiger partial charge in [0.05, 0.1) is 10.9 Å². The quantitative estimate of drug-likeness (QED) is 0.501. The van der Waals surface area contributed by atoms with Crippen LogP contribution in [0.25, 0.3) is 22.3 Å². The third-order valence-corrected chi connectivity index (χ3v) is 5.30. The molecule has 0 fully saturated rings. The molecule has 1 N–H and O–H groups in total. The van der Waals surface area contributed by atoms with Gasteiger partial charge in [-0.3, -0.25) is 9.36 Å². The van der Waals surface area contributed by atoms with Crippen LogP contribution in [0.3, 0.4) is 0 Å². The second-order valence-corrected chi connectivity index (χ2v) is 7.23. The molecule has 5 rings (SSSR count). The van der Waals surface area contributed by atoms with E-state index in [1.54, 1.807) is 12.1 Å². The molecule has 10 heteroatoms. The first-order valence-corrected chi connectivity index (χ1v) is 9.53. The molecule has 146 valence electrons. The lowest BCUT2D eigenvalue weighted by atomic mass is 10.2. The number of hydrogen-bond acceptors (Lipinski definition) is 7. The van der Waals surface area contributed by atoms with Crippen LogP contribution in [-0.2, 0) is 13.0 Å². The predicted octanol–water partition coefficient (Wildman–Crippen LogP) is 2.47. The highest BCUT2D eigenvalue weighted by molar-refractivity contribution is 9.10. The Morgan fingerprint density at radius 3 is 2.76 bits per heavy atom. The number of benzene rings is 2. The average molecular weight is 457 g/mol. The van der Waals surface area contributed by atoms with E-state index in [1.165, 1.54) is 0 Å². The van der Waals surface area contributed by atoms with Crippen molar-refractivity contribution in [2.24, 2.45) is 0 Å². The van der Waals surface area contributed by atoms with Gasteiger partial charge in [0.1, 0.15) is 0 Å². The molecule has 0 aliphatic carbocycles. The normalized spacial score (nSPS) is 12.6. The second kappa shape index (κ2) is 6.89. The molecule has 29 heavy (non-hydrogen) atoms. The zero-order valence-corrected chi connectivity index (χ0v) is 16.4. The summed E-state index contributed by atoms with van der Waals surface area (Å²) in [5.74, 6) is 1.73. The molecular formula is C19H13BrN4O5. The summed E-state index contributed by atoms with van der Waals surface area (Å²) in [7, 11) is 0. The van der Waals surface area contributed by atoms with Gasteiger partial charge >= 0.3 is 5.69 Å². The Morgan fingerprint density at radius 2 is 1.93 bits per heavy atom. The van der Waals surface area contributed by atoms with Crippen molar-refractivity contribution in [3.05, 3.63) is 67.6 Å². The lowest BCUT2D eigenvalue weighted by Crippen LogP contribution is -2.35. The maximum Gasteiger partial charge on any atom is 0.328 e. The highest BCUT2D eigenvalue weighted by Gasteiger charge is 2.18. The molecule has 1 aliphatic rings. The molecule has 0 bridgehead atoms. The van der Waals surface area contributed by atoms with Gasteiger partial charge in [-0.2, -0.15) is 4.98 Å². The Hall–Kier alpha value is -3.40. The molecule has 2 aromatic carbocycles. The molecule has 0 radical (unpaired) electrons. The summed E-state index contributed by atoms with van der Waals surface area (Å²) >= 11 is 3.45. The van der Waals surface area contributed by atoms with E-state index in [4.69, 9.17) is 14.0 Å². The first kappa shape index (κ1) is 17.7. The monoisotopic (exact) mass is 456 g/mol. The predicted molar refractivity (Wildman–Crippen MR) is 106 cm³/mol. The number of rotatable bonds is 4. The number of halogens is 1. The maximum atomic E-state index is 12.8. The summed E-state index contributed by atoms with van der Waals surface area (Å²) in [6.07, 6.45) is 0.233. The topological polar surface area (TPSA) is 112 Å². The molecular weight excluding hydrogens is 444 g/mol. The van der Waals surface area contributed by atoms with E-state index in [0.717, 1.165) is 14.6 Å². The van der Waals surface area contributed by atoms with Crippen molar-refractivity contribution in [1.82, 2.24) is 19.7 Å². The number of H-pyrrole nitrogens is 1. The number of nitrogens with one attached hydrogen (secondary N) is 1. The van der Waals surface area contributed by atoms with Gasteiger partial charge in [-0.15, -0.1) is 0 Å². The smallest absolute Gasteiger partial charge is 0.328 e. The average Bonchev–Trinajstić information content (AvgIpc) is 3.36. The van der Waals surface area contributed by atoms with Crippen LogP contribution in [0.1, 0.15) is 5.89 Å². The van der Waals surface area contributed by atoms with E-state index in [2.05, 4.69) is 31.1 Å². The number of fused-ring (bicyclic) bond motifs is 2. The Bertz CT molecular complexity index is 1360. The third kappa shape index (κ3) is 3.11. The fourth-order valence-corrected chi connectivity index (χ4v) is 3.62. The standard InChI is InChI=1S/C19H13BrN4O5/c20-12-4-2-1-3-10(12)17-22-16(29-23-17)5-6-24-18(25)11-7-14-15(28-9-27-14)8-13(11)21-19(24)26/h1-4,7-8H,5-6,9H2,(H,21,26). The van der Waals surface area contributed by atoms with E-state index in [9.17, 15) is 9.59 Å². The molecule has 4 aromatic rings. The van der Waals surface area contributed by atoms with Crippen molar-refractivity contribution >= 4 is 26.8 Å². The molecule has 2 aromatic heterocycles. The summed E-state index contributed by atoms with van der Waals surface area (Å²) in [6.45, 7) is 0.178. The van der Waals surface area contributed by atoms with Crippen molar-refractivity contribution in [2.75, 3.05) is 6.79 Å². The van der Waals surface area contributed by atoms with E-state index in [-0.39, 0.29) is 19.8 Å². The van der Waals surface area contributed by atoms with Crippen molar-refractivity contribution in [3.63, 3.8) is 0 Å². The van der Waals surface area contributed by atoms with Crippen LogP contribution in [0.5, 0.6) is 11.5 Å². The van der Waals surface area contributed by atoms with Crippen molar-refractivity contribution in [1.29, 1.82) is 0 Å². The molecule has 0 saturated carbocycles. The summed E-state index contributed by atoms with van der Waals surface area (Å²) in [4.78, 5) is 32.3. The van der Waals surface area contributed by atoms with Gasteiger partial charge in [0.25, 0.3) is 5.56 Å². The third-order valence-electron chi connectivity index (χ3n) is 4.61. The van der Waals surface area contributed by atoms with Gasteiger partial charge < -0.3 is 19.0 Å². The van der Waals surface area contributed by atoms with Gasteiger partial charge in [0.2, 0.25) is 18.5 Å². The van der Waals surface area contributed by atoms with Gasteiger partial charge in [0.15, 0.2) is 11.5 Å². The van der Waals surface area contributed by atoms with Crippen LogP contribution < -0.4 is 20.7 Å². The number of aromatic nitrogens is 4. The van der Waals surface area contributed by atoms with Gasteiger partial charge in [-0.05, 0) is 18.2 Å². The van der Waals surface area contributed by atoms with Crippen LogP contribution in [0.15, 0.2) is 55.0 Å². The fraction of sp³-hybridized carbons (Fsp3) is 0.158. The van der Waals surface area contributed by atoms with Gasteiger partial charge in [0, 0.05) is 29.1 Å². The molecule has 3 heterocycles. The second-order valence-electron chi connectivity index (χ2n) is 6.38. The van der Waals surface area contributed by atoms with Gasteiger partial charge in [-0.25, -0.2) is 4.79 Å². The van der Waals surface area contributed by atoms with Crippen LogP contribution in [-0.4, -0.2) is 26.5 Å². The molecule has 0 unspecified atom stereocenters. The summed E-state index contributed by atoms with van der Waals surface area (Å²) in [5.41, 5.74) is 0.244. The molecule has 0 atom stereocenters. The largest absolute Gasteiger partial charge is 0.454 e. The SMILES string of the molecule is O=c1[nH]c2cc3c(cc2c(=O)n1CCc1nc(-c2ccccc2Br)no1)OCO3. The molecule has 0 amide bonds. The van der Waals surface area contributed by atoms with Crippen LogP contribution in [0.2, 0.25) is 0 Å². The van der Waals surface area contributed by atoms with E-state index in [0.29, 0.717) is 34.1 Å². The van der Waals surface area contributed by atoms with Crippen molar-refractivity contribution < 1.29 is 14.0 Å². The molecule has 0 spiro atoms. The fourth-order valence-electron chi connectivity index (χ4n) is 3.16. The molecule has 0 saturated heterocycles. The number of aromatic amines is 1. The number of aryl methyl sites for hydroxylation is 1. The van der Waals surface area contributed by atoms with E-state index >= 15 is 0 Å². The summed E-state index contributed by atoms with van der Waals surface area (Å²) in [6, 6.07) is 10.7. The molecule has 1 aliphatic heterocycles. The van der Waals surface area contributed by atoms with Crippen molar-refractivity contribution in [2.45, 2.75) is 13.0 Å². The zero-order valence-electron chi connectivity index (χ0n) is 14.8. The Labute approximate surface area is 171 Å². The minimum atomic E-state index is -0.521. The lowest BCUT2D eigenvalue weighted by molar-refractivity contribution is 0.174. The minimum absolute atomic E-state index is 0.0844. The summed E-state index contributed by atoms with van der Waals surface area (Å²) in [5, 5.41) is 4.31. The summed E-state index contributed by atoms with van der Waals surface area (Å²) < 4.78 is 17.8. The highest BCUT2D eigenvalue weighted by atomic mass is 79.9. The zero-order chi connectivity index (χ0) is 20.0. The Balaban J connectivity index is 1.44. The number of hydrogen-bond donors (Lipinski definition) is 1. The van der Waals surface area contributed by atoms with E-state index in [1.807, 2.05) is 24.3 Å². The first-order valence-electron chi connectivity index (χ1n) is 8.74.